The maximum Gasteiger partial charge on any atom is 0.317 e. The molecule has 0 radical (unpaired) electrons. The van der Waals surface area contributed by atoms with E-state index in [1.54, 1.807) is 18.1 Å². The van der Waals surface area contributed by atoms with Crippen LogP contribution >= 0.6 is 0 Å². The highest BCUT2D eigenvalue weighted by atomic mass is 16.2. The van der Waals surface area contributed by atoms with Gasteiger partial charge < -0.3 is 15.1 Å². The minimum atomic E-state index is -0.105. The number of hydrogen-bond donors (Lipinski definition) is 1. The maximum atomic E-state index is 12.4. The molecule has 5 nitrogen and oxygen atoms in total. The van der Waals surface area contributed by atoms with Crippen molar-refractivity contribution in [3.05, 3.63) is 65.5 Å². The summed E-state index contributed by atoms with van der Waals surface area (Å²) in [4.78, 5) is 20.5. The van der Waals surface area contributed by atoms with Crippen LogP contribution in [-0.2, 0) is 13.1 Å². The van der Waals surface area contributed by atoms with Crippen LogP contribution in [0.4, 0.5) is 4.79 Å². The number of amides is 2. The van der Waals surface area contributed by atoms with Crippen LogP contribution in [0.15, 0.2) is 48.7 Å². The number of benzene rings is 1. The van der Waals surface area contributed by atoms with Crippen LogP contribution in [0.25, 0.3) is 0 Å². The summed E-state index contributed by atoms with van der Waals surface area (Å²) in [6.45, 7) is 3.37. The SMILES string of the molecule is CC(c1ccccn1)N(C)C(=O)NCc1cccc(CN(C)C)c1. The standard InChI is InChI=1S/C19H26N4O/c1-15(18-10-5-6-11-20-18)23(4)19(24)21-13-16-8-7-9-17(12-16)14-22(2)3/h5-12,15H,13-14H2,1-4H3,(H,21,24). The van der Waals surface area contributed by atoms with Crippen LogP contribution in [0, 0.1) is 0 Å². The lowest BCUT2D eigenvalue weighted by Gasteiger charge is -2.24. The number of nitrogens with zero attached hydrogens (tertiary/aromatic N) is 3. The largest absolute Gasteiger partial charge is 0.334 e. The molecule has 2 rings (SSSR count). The molecule has 2 amide bonds. The van der Waals surface area contributed by atoms with Gasteiger partial charge in [0, 0.05) is 26.3 Å². The fraction of sp³-hybridized carbons (Fsp3) is 0.368. The van der Waals surface area contributed by atoms with Crippen LogP contribution in [0.5, 0.6) is 0 Å². The summed E-state index contributed by atoms with van der Waals surface area (Å²) in [7, 11) is 5.88. The Balaban J connectivity index is 1.93. The third kappa shape index (κ3) is 5.06. The first-order valence-corrected chi connectivity index (χ1v) is 8.11. The van der Waals surface area contributed by atoms with Crippen molar-refractivity contribution < 1.29 is 4.79 Å². The topological polar surface area (TPSA) is 48.5 Å². The number of rotatable bonds is 6. The van der Waals surface area contributed by atoms with E-state index < -0.39 is 0 Å². The number of nitrogens with one attached hydrogen (secondary N) is 1. The lowest BCUT2D eigenvalue weighted by molar-refractivity contribution is 0.193. The number of pyridine rings is 1. The molecule has 1 aromatic carbocycles. The fourth-order valence-corrected chi connectivity index (χ4v) is 2.50. The van der Waals surface area contributed by atoms with Gasteiger partial charge in [0.05, 0.1) is 11.7 Å². The molecule has 0 fully saturated rings. The lowest BCUT2D eigenvalue weighted by Crippen LogP contribution is -2.38. The Hall–Kier alpha value is -2.40. The first kappa shape index (κ1) is 17.9. The number of urea groups is 1. The highest BCUT2D eigenvalue weighted by Gasteiger charge is 2.17. The summed E-state index contributed by atoms with van der Waals surface area (Å²) >= 11 is 0. The van der Waals surface area contributed by atoms with E-state index in [2.05, 4.69) is 27.3 Å². The molecule has 0 saturated carbocycles. The van der Waals surface area contributed by atoms with Gasteiger partial charge in [-0.1, -0.05) is 30.3 Å². The zero-order valence-corrected chi connectivity index (χ0v) is 14.9. The average Bonchev–Trinajstić information content (AvgIpc) is 2.59. The summed E-state index contributed by atoms with van der Waals surface area (Å²) in [6.07, 6.45) is 1.74. The summed E-state index contributed by atoms with van der Waals surface area (Å²) in [5.41, 5.74) is 3.21. The monoisotopic (exact) mass is 326 g/mol. The third-order valence-corrected chi connectivity index (χ3v) is 3.95. The molecule has 1 atom stereocenters. The summed E-state index contributed by atoms with van der Waals surface area (Å²) in [5, 5.41) is 2.98. The number of carbonyl (C=O) groups excluding carboxylic acids is 1. The zero-order chi connectivity index (χ0) is 17.5. The fourth-order valence-electron chi connectivity index (χ4n) is 2.50. The first-order valence-electron chi connectivity index (χ1n) is 8.11. The van der Waals surface area contributed by atoms with Crippen molar-refractivity contribution >= 4 is 6.03 Å². The molecule has 0 bridgehead atoms. The van der Waals surface area contributed by atoms with E-state index in [1.807, 2.05) is 51.4 Å². The van der Waals surface area contributed by atoms with E-state index in [-0.39, 0.29) is 12.1 Å². The second-order valence-corrected chi connectivity index (χ2v) is 6.26. The minimum Gasteiger partial charge on any atom is -0.334 e. The van der Waals surface area contributed by atoms with Gasteiger partial charge in [0.1, 0.15) is 0 Å². The Labute approximate surface area is 144 Å². The van der Waals surface area contributed by atoms with Gasteiger partial charge in [0.2, 0.25) is 0 Å². The van der Waals surface area contributed by atoms with E-state index in [4.69, 9.17) is 0 Å². The van der Waals surface area contributed by atoms with Crippen molar-refractivity contribution in [2.75, 3.05) is 21.1 Å². The number of aromatic nitrogens is 1. The Kier molecular flexibility index (Phi) is 6.32. The van der Waals surface area contributed by atoms with E-state index in [0.717, 1.165) is 17.8 Å². The molecule has 128 valence electrons. The molecule has 0 saturated heterocycles. The van der Waals surface area contributed by atoms with Crippen LogP contribution in [0.1, 0.15) is 29.8 Å². The van der Waals surface area contributed by atoms with Crippen molar-refractivity contribution in [3.8, 4) is 0 Å². The summed E-state index contributed by atoms with van der Waals surface area (Å²) < 4.78 is 0. The highest BCUT2D eigenvalue weighted by molar-refractivity contribution is 5.74. The van der Waals surface area contributed by atoms with Crippen molar-refractivity contribution in [2.45, 2.75) is 26.1 Å². The Morgan fingerprint density at radius 1 is 1.12 bits per heavy atom. The zero-order valence-electron chi connectivity index (χ0n) is 14.9. The van der Waals surface area contributed by atoms with Crippen LogP contribution in [-0.4, -0.2) is 42.0 Å². The lowest BCUT2D eigenvalue weighted by atomic mass is 10.1. The molecular weight excluding hydrogens is 300 g/mol. The molecule has 5 heteroatoms. The van der Waals surface area contributed by atoms with E-state index in [1.165, 1.54) is 5.56 Å². The van der Waals surface area contributed by atoms with Gasteiger partial charge in [0.25, 0.3) is 0 Å². The highest BCUT2D eigenvalue weighted by Crippen LogP contribution is 2.16. The van der Waals surface area contributed by atoms with Gasteiger partial charge in [-0.05, 0) is 44.3 Å². The normalized spacial score (nSPS) is 12.0. The molecule has 1 N–H and O–H groups in total. The molecule has 1 aromatic heterocycles. The minimum absolute atomic E-state index is 0.0775. The van der Waals surface area contributed by atoms with E-state index >= 15 is 0 Å². The van der Waals surface area contributed by atoms with Gasteiger partial charge >= 0.3 is 6.03 Å². The molecule has 0 aliphatic rings. The first-order chi connectivity index (χ1) is 11.5. The van der Waals surface area contributed by atoms with Crippen LogP contribution < -0.4 is 5.32 Å². The number of carbonyl (C=O) groups is 1. The van der Waals surface area contributed by atoms with Gasteiger partial charge in [-0.2, -0.15) is 0 Å². The predicted molar refractivity (Wildman–Crippen MR) is 96.5 cm³/mol. The predicted octanol–water partition coefficient (Wildman–Crippen LogP) is 3.05. The second kappa shape index (κ2) is 8.45. The molecule has 0 aliphatic heterocycles. The van der Waals surface area contributed by atoms with Gasteiger partial charge in [-0.15, -0.1) is 0 Å². The molecule has 1 unspecified atom stereocenters. The van der Waals surface area contributed by atoms with Gasteiger partial charge in [0.15, 0.2) is 0 Å². The molecule has 2 aromatic rings. The molecule has 24 heavy (non-hydrogen) atoms. The number of hydrogen-bond acceptors (Lipinski definition) is 3. The molecule has 0 spiro atoms. The quantitative estimate of drug-likeness (QED) is 0.887. The van der Waals surface area contributed by atoms with Crippen molar-refractivity contribution in [1.82, 2.24) is 20.1 Å². The third-order valence-electron chi connectivity index (χ3n) is 3.95. The van der Waals surface area contributed by atoms with Crippen molar-refractivity contribution in [2.24, 2.45) is 0 Å². The van der Waals surface area contributed by atoms with Crippen molar-refractivity contribution in [1.29, 1.82) is 0 Å². The second-order valence-electron chi connectivity index (χ2n) is 6.26. The average molecular weight is 326 g/mol. The summed E-state index contributed by atoms with van der Waals surface area (Å²) in [6, 6.07) is 13.8. The van der Waals surface area contributed by atoms with Gasteiger partial charge in [-0.3, -0.25) is 4.98 Å². The van der Waals surface area contributed by atoms with Crippen molar-refractivity contribution in [3.63, 3.8) is 0 Å². The Morgan fingerprint density at radius 3 is 2.54 bits per heavy atom. The smallest absolute Gasteiger partial charge is 0.317 e. The van der Waals surface area contributed by atoms with Gasteiger partial charge in [-0.25, -0.2) is 4.79 Å². The Bertz CT molecular complexity index is 657. The maximum absolute atomic E-state index is 12.4. The van der Waals surface area contributed by atoms with Crippen LogP contribution in [0.2, 0.25) is 0 Å². The molecule has 1 heterocycles. The van der Waals surface area contributed by atoms with E-state index in [0.29, 0.717) is 6.54 Å². The van der Waals surface area contributed by atoms with E-state index in [9.17, 15) is 4.79 Å². The molecule has 0 aliphatic carbocycles. The summed E-state index contributed by atoms with van der Waals surface area (Å²) in [5.74, 6) is 0. The Morgan fingerprint density at radius 2 is 1.88 bits per heavy atom. The molecular formula is C19H26N4O. The van der Waals surface area contributed by atoms with Crippen LogP contribution in [0.3, 0.4) is 0 Å².